The van der Waals surface area contributed by atoms with Gasteiger partial charge >= 0.3 is 0 Å². The van der Waals surface area contributed by atoms with Crippen LogP contribution in [0.2, 0.25) is 5.02 Å². The van der Waals surface area contributed by atoms with Gasteiger partial charge in [-0.2, -0.15) is 11.8 Å². The van der Waals surface area contributed by atoms with Crippen molar-refractivity contribution < 1.29 is 0 Å². The Morgan fingerprint density at radius 1 is 1.32 bits per heavy atom. The molecular weight excluding hydrogens is 276 g/mol. The zero-order valence-electron chi connectivity index (χ0n) is 12.1. The molecule has 0 bridgehead atoms. The average Bonchev–Trinajstić information content (AvgIpc) is 2.42. The van der Waals surface area contributed by atoms with Gasteiger partial charge in [0.05, 0.1) is 0 Å². The Bertz CT molecular complexity index is 356. The van der Waals surface area contributed by atoms with Gasteiger partial charge in [0.2, 0.25) is 0 Å². The number of thioether (sulfide) groups is 1. The Morgan fingerprint density at radius 3 is 2.47 bits per heavy atom. The highest BCUT2D eigenvalue weighted by atomic mass is 35.5. The minimum Gasteiger partial charge on any atom is -0.324 e. The van der Waals surface area contributed by atoms with Gasteiger partial charge in [0, 0.05) is 22.9 Å². The summed E-state index contributed by atoms with van der Waals surface area (Å²) < 4.78 is 0. The first kappa shape index (κ1) is 16.8. The summed E-state index contributed by atoms with van der Waals surface area (Å²) in [7, 11) is 2.19. The lowest BCUT2D eigenvalue weighted by Gasteiger charge is -2.27. The lowest BCUT2D eigenvalue weighted by Crippen LogP contribution is -2.35. The Morgan fingerprint density at radius 2 is 1.95 bits per heavy atom. The molecule has 108 valence electrons. The molecule has 0 saturated carbocycles. The van der Waals surface area contributed by atoms with E-state index in [0.717, 1.165) is 23.6 Å². The van der Waals surface area contributed by atoms with Crippen molar-refractivity contribution in [2.75, 3.05) is 25.6 Å². The Labute approximate surface area is 126 Å². The highest BCUT2D eigenvalue weighted by Crippen LogP contribution is 2.18. The summed E-state index contributed by atoms with van der Waals surface area (Å²) in [6.45, 7) is 3.28. The van der Waals surface area contributed by atoms with Gasteiger partial charge in [-0.15, -0.1) is 0 Å². The third-order valence-corrected chi connectivity index (χ3v) is 4.51. The molecular formula is C15H25ClN2S. The van der Waals surface area contributed by atoms with Crippen LogP contribution in [0.4, 0.5) is 0 Å². The molecule has 0 amide bonds. The molecule has 4 heteroatoms. The van der Waals surface area contributed by atoms with E-state index in [2.05, 4.69) is 25.1 Å². The smallest absolute Gasteiger partial charge is 0.0406 e. The molecule has 1 aromatic rings. The first-order valence-electron chi connectivity index (χ1n) is 6.78. The molecule has 2 atom stereocenters. The fourth-order valence-corrected chi connectivity index (χ4v) is 3.15. The molecule has 0 spiro atoms. The first-order valence-corrected chi connectivity index (χ1v) is 8.55. The molecule has 2 N–H and O–H groups in total. The van der Waals surface area contributed by atoms with Crippen LogP contribution in [0.15, 0.2) is 24.3 Å². The second-order valence-electron chi connectivity index (χ2n) is 4.94. The maximum absolute atomic E-state index is 6.23. The van der Waals surface area contributed by atoms with Crippen LogP contribution in [0.1, 0.15) is 31.4 Å². The van der Waals surface area contributed by atoms with Gasteiger partial charge in [-0.25, -0.2) is 0 Å². The van der Waals surface area contributed by atoms with Crippen LogP contribution in [0.5, 0.6) is 0 Å². The fourth-order valence-electron chi connectivity index (χ4n) is 2.15. The second kappa shape index (κ2) is 8.85. The standard InChI is InChI=1S/C15H25ClN2S/c1-4-14(11-19-3)18(2)10-9-15(17)12-5-7-13(16)8-6-12/h5-8,14-15H,4,9-11,17H2,1-3H3. The Hall–Kier alpha value is -0.220. The molecule has 2 unspecified atom stereocenters. The van der Waals surface area contributed by atoms with Gasteiger partial charge in [-0.3, -0.25) is 0 Å². The molecule has 1 rings (SSSR count). The van der Waals surface area contributed by atoms with Gasteiger partial charge in [-0.1, -0.05) is 30.7 Å². The van der Waals surface area contributed by atoms with E-state index in [0.29, 0.717) is 6.04 Å². The number of nitrogens with two attached hydrogens (primary N) is 1. The molecule has 0 aliphatic rings. The lowest BCUT2D eigenvalue weighted by atomic mass is 10.0. The summed E-state index contributed by atoms with van der Waals surface area (Å²) in [6, 6.07) is 8.59. The minimum absolute atomic E-state index is 0.0894. The van der Waals surface area contributed by atoms with Gasteiger partial charge in [-0.05, 0) is 50.4 Å². The van der Waals surface area contributed by atoms with Crippen molar-refractivity contribution in [2.45, 2.75) is 31.8 Å². The van der Waals surface area contributed by atoms with Crippen LogP contribution in [0.3, 0.4) is 0 Å². The predicted molar refractivity (Wildman–Crippen MR) is 88.1 cm³/mol. The molecule has 0 aliphatic heterocycles. The molecule has 19 heavy (non-hydrogen) atoms. The number of hydrogen-bond donors (Lipinski definition) is 1. The third kappa shape index (κ3) is 5.74. The van der Waals surface area contributed by atoms with E-state index < -0.39 is 0 Å². The molecule has 0 fully saturated rings. The number of rotatable bonds is 8. The minimum atomic E-state index is 0.0894. The van der Waals surface area contributed by atoms with E-state index in [1.165, 1.54) is 12.2 Å². The zero-order chi connectivity index (χ0) is 14.3. The van der Waals surface area contributed by atoms with Crippen LogP contribution < -0.4 is 5.73 Å². The second-order valence-corrected chi connectivity index (χ2v) is 6.29. The average molecular weight is 301 g/mol. The van der Waals surface area contributed by atoms with Crippen LogP contribution in [0.25, 0.3) is 0 Å². The quantitative estimate of drug-likeness (QED) is 0.792. The van der Waals surface area contributed by atoms with Crippen molar-refractivity contribution in [3.8, 4) is 0 Å². The highest BCUT2D eigenvalue weighted by molar-refractivity contribution is 7.98. The molecule has 0 radical (unpaired) electrons. The van der Waals surface area contributed by atoms with Crippen molar-refractivity contribution in [2.24, 2.45) is 5.73 Å². The van der Waals surface area contributed by atoms with E-state index in [9.17, 15) is 0 Å². The molecule has 2 nitrogen and oxygen atoms in total. The number of hydrogen-bond acceptors (Lipinski definition) is 3. The van der Waals surface area contributed by atoms with Crippen molar-refractivity contribution >= 4 is 23.4 Å². The maximum Gasteiger partial charge on any atom is 0.0406 e. The zero-order valence-corrected chi connectivity index (χ0v) is 13.7. The fraction of sp³-hybridized carbons (Fsp3) is 0.600. The lowest BCUT2D eigenvalue weighted by molar-refractivity contribution is 0.247. The predicted octanol–water partition coefficient (Wildman–Crippen LogP) is 3.80. The molecule has 0 aliphatic carbocycles. The van der Waals surface area contributed by atoms with Crippen molar-refractivity contribution in [3.05, 3.63) is 34.9 Å². The van der Waals surface area contributed by atoms with Crippen LogP contribution in [-0.2, 0) is 0 Å². The molecule has 0 saturated heterocycles. The monoisotopic (exact) mass is 300 g/mol. The summed E-state index contributed by atoms with van der Waals surface area (Å²) in [5.41, 5.74) is 7.40. The van der Waals surface area contributed by atoms with Gasteiger partial charge in [0.1, 0.15) is 0 Å². The SMILES string of the molecule is CCC(CSC)N(C)CCC(N)c1ccc(Cl)cc1. The third-order valence-electron chi connectivity index (χ3n) is 3.54. The van der Waals surface area contributed by atoms with E-state index in [4.69, 9.17) is 17.3 Å². The van der Waals surface area contributed by atoms with E-state index in [1.807, 2.05) is 36.0 Å². The largest absolute Gasteiger partial charge is 0.324 e. The Kier molecular flexibility index (Phi) is 7.84. The molecule has 1 aromatic carbocycles. The van der Waals surface area contributed by atoms with Crippen molar-refractivity contribution in [1.82, 2.24) is 4.90 Å². The van der Waals surface area contributed by atoms with Gasteiger partial charge in [0.25, 0.3) is 0 Å². The van der Waals surface area contributed by atoms with E-state index in [1.54, 1.807) is 0 Å². The summed E-state index contributed by atoms with van der Waals surface area (Å²) in [6.07, 6.45) is 4.33. The van der Waals surface area contributed by atoms with Crippen LogP contribution in [-0.4, -0.2) is 36.5 Å². The number of nitrogens with zero attached hydrogens (tertiary/aromatic N) is 1. The summed E-state index contributed by atoms with van der Waals surface area (Å²) in [5.74, 6) is 1.18. The van der Waals surface area contributed by atoms with Crippen LogP contribution in [0, 0.1) is 0 Å². The van der Waals surface area contributed by atoms with Crippen LogP contribution >= 0.6 is 23.4 Å². The van der Waals surface area contributed by atoms with Crippen molar-refractivity contribution in [3.63, 3.8) is 0 Å². The number of halogens is 1. The van der Waals surface area contributed by atoms with Gasteiger partial charge in [0.15, 0.2) is 0 Å². The maximum atomic E-state index is 6.23. The van der Waals surface area contributed by atoms with Gasteiger partial charge < -0.3 is 10.6 Å². The topological polar surface area (TPSA) is 29.3 Å². The Balaban J connectivity index is 2.44. The highest BCUT2D eigenvalue weighted by Gasteiger charge is 2.13. The number of benzene rings is 1. The molecule has 0 aromatic heterocycles. The normalized spacial score (nSPS) is 14.6. The summed E-state index contributed by atoms with van der Waals surface area (Å²) >= 11 is 7.79. The van der Waals surface area contributed by atoms with E-state index in [-0.39, 0.29) is 6.04 Å². The van der Waals surface area contributed by atoms with E-state index >= 15 is 0 Å². The summed E-state index contributed by atoms with van der Waals surface area (Å²) in [4.78, 5) is 2.42. The summed E-state index contributed by atoms with van der Waals surface area (Å²) in [5, 5.41) is 0.763. The molecule has 0 heterocycles. The first-order chi connectivity index (χ1) is 9.08. The van der Waals surface area contributed by atoms with Crippen molar-refractivity contribution in [1.29, 1.82) is 0 Å².